The minimum absolute atomic E-state index is 0.156. The molecule has 0 bridgehead atoms. The van der Waals surface area contributed by atoms with E-state index in [1.165, 1.54) is 0 Å². The average molecular weight is 334 g/mol. The third-order valence-electron chi connectivity index (χ3n) is 4.10. The van der Waals surface area contributed by atoms with Gasteiger partial charge in [-0.2, -0.15) is 0 Å². The largest absolute Gasteiger partial charge is 0.435 e. The molecule has 4 aromatic rings. The van der Waals surface area contributed by atoms with Crippen LogP contribution < -0.4 is 5.32 Å². The molecule has 0 fully saturated rings. The molecule has 0 saturated heterocycles. The number of hydrogen-bond acceptors (Lipinski definition) is 5. The van der Waals surface area contributed by atoms with Crippen molar-refractivity contribution in [2.45, 2.75) is 0 Å². The fourth-order valence-corrected chi connectivity index (χ4v) is 2.83. The molecule has 25 heavy (non-hydrogen) atoms. The van der Waals surface area contributed by atoms with Crippen LogP contribution in [-0.4, -0.2) is 48.0 Å². The molecule has 2 aromatic carbocycles. The van der Waals surface area contributed by atoms with Gasteiger partial charge in [-0.3, -0.25) is 4.79 Å². The second-order valence-corrected chi connectivity index (χ2v) is 6.21. The topological polar surface area (TPSA) is 71.3 Å². The Morgan fingerprint density at radius 1 is 1.08 bits per heavy atom. The van der Waals surface area contributed by atoms with E-state index < -0.39 is 0 Å². The average Bonchev–Trinajstić information content (AvgIpc) is 2.96. The number of nitrogens with one attached hydrogen (secondary N) is 1. The maximum Gasteiger partial charge on any atom is 0.255 e. The van der Waals surface area contributed by atoms with Crippen LogP contribution >= 0.6 is 0 Å². The maximum atomic E-state index is 12.5. The van der Waals surface area contributed by atoms with Crippen molar-refractivity contribution < 1.29 is 9.21 Å². The summed E-state index contributed by atoms with van der Waals surface area (Å²) in [6, 6.07) is 13.2. The smallest absolute Gasteiger partial charge is 0.255 e. The van der Waals surface area contributed by atoms with E-state index in [0.717, 1.165) is 23.0 Å². The van der Waals surface area contributed by atoms with Crippen molar-refractivity contribution >= 4 is 39.1 Å². The van der Waals surface area contributed by atoms with Crippen LogP contribution in [0.15, 0.2) is 46.9 Å². The summed E-state index contributed by atoms with van der Waals surface area (Å²) in [4.78, 5) is 23.7. The van der Waals surface area contributed by atoms with E-state index in [-0.39, 0.29) is 5.91 Å². The van der Waals surface area contributed by atoms with Gasteiger partial charge in [-0.25, -0.2) is 9.97 Å². The lowest BCUT2D eigenvalue weighted by atomic mass is 10.1. The minimum Gasteiger partial charge on any atom is -0.435 e. The summed E-state index contributed by atoms with van der Waals surface area (Å²) in [6.45, 7) is 1.35. The van der Waals surface area contributed by atoms with Crippen LogP contribution in [0, 0.1) is 0 Å². The predicted molar refractivity (Wildman–Crippen MR) is 97.7 cm³/mol. The first-order valence-electron chi connectivity index (χ1n) is 8.14. The molecule has 6 nitrogen and oxygen atoms in total. The Kier molecular flexibility index (Phi) is 3.82. The Labute approximate surface area is 144 Å². The minimum atomic E-state index is -0.156. The number of furan rings is 1. The summed E-state index contributed by atoms with van der Waals surface area (Å²) in [5.74, 6) is -0.156. The molecule has 0 spiro atoms. The molecule has 0 saturated carbocycles. The first-order valence-corrected chi connectivity index (χ1v) is 8.14. The van der Waals surface area contributed by atoms with Crippen LogP contribution in [0.25, 0.3) is 33.2 Å². The highest BCUT2D eigenvalue weighted by Crippen LogP contribution is 2.30. The number of carbonyl (C=O) groups excluding carboxylic acids is 1. The van der Waals surface area contributed by atoms with E-state index in [4.69, 9.17) is 4.42 Å². The second kappa shape index (κ2) is 6.14. The summed E-state index contributed by atoms with van der Waals surface area (Å²) in [5.41, 5.74) is 3.72. The van der Waals surface area contributed by atoms with Crippen LogP contribution in [0.4, 0.5) is 0 Å². The van der Waals surface area contributed by atoms with Gasteiger partial charge in [0.2, 0.25) is 5.71 Å². The Morgan fingerprint density at radius 3 is 2.60 bits per heavy atom. The van der Waals surface area contributed by atoms with Gasteiger partial charge in [0.15, 0.2) is 5.58 Å². The Balaban J connectivity index is 1.81. The molecular weight excluding hydrogens is 316 g/mol. The SMILES string of the molecule is CN(C)CCNC(=O)c1cccc2c1oc1nc3ccccc3nc12. The van der Waals surface area contributed by atoms with Gasteiger partial charge in [-0.15, -0.1) is 0 Å². The first-order chi connectivity index (χ1) is 12.1. The third kappa shape index (κ3) is 2.81. The molecule has 0 atom stereocenters. The van der Waals surface area contributed by atoms with Crippen LogP contribution in [0.2, 0.25) is 0 Å². The summed E-state index contributed by atoms with van der Waals surface area (Å²) >= 11 is 0. The number of benzene rings is 2. The highest BCUT2D eigenvalue weighted by atomic mass is 16.3. The molecule has 0 unspecified atom stereocenters. The fourth-order valence-electron chi connectivity index (χ4n) is 2.83. The molecule has 0 aliphatic carbocycles. The molecular formula is C19H18N4O2. The van der Waals surface area contributed by atoms with E-state index in [1.54, 1.807) is 6.07 Å². The summed E-state index contributed by atoms with van der Waals surface area (Å²) in [7, 11) is 3.93. The summed E-state index contributed by atoms with van der Waals surface area (Å²) in [5, 5.41) is 3.72. The predicted octanol–water partition coefficient (Wildman–Crippen LogP) is 2.82. The number of likely N-dealkylation sites (N-methyl/N-ethyl adjacent to an activating group) is 1. The van der Waals surface area contributed by atoms with Gasteiger partial charge >= 0.3 is 0 Å². The van der Waals surface area contributed by atoms with E-state index in [1.807, 2.05) is 55.4 Å². The van der Waals surface area contributed by atoms with Crippen LogP contribution in [-0.2, 0) is 0 Å². The molecule has 2 aromatic heterocycles. The molecule has 0 aliphatic rings. The number of nitrogens with zero attached hydrogens (tertiary/aromatic N) is 3. The van der Waals surface area contributed by atoms with Crippen molar-refractivity contribution in [1.29, 1.82) is 0 Å². The van der Waals surface area contributed by atoms with Gasteiger partial charge in [-0.1, -0.05) is 18.2 Å². The van der Waals surface area contributed by atoms with Crippen LogP contribution in [0.1, 0.15) is 10.4 Å². The van der Waals surface area contributed by atoms with Crippen molar-refractivity contribution in [2.24, 2.45) is 0 Å². The number of para-hydroxylation sites is 3. The first kappa shape index (κ1) is 15.5. The van der Waals surface area contributed by atoms with Crippen molar-refractivity contribution in [1.82, 2.24) is 20.2 Å². The normalized spacial score (nSPS) is 11.6. The highest BCUT2D eigenvalue weighted by Gasteiger charge is 2.17. The molecule has 6 heteroatoms. The number of fused-ring (bicyclic) bond motifs is 4. The Hall–Kier alpha value is -2.99. The lowest BCUT2D eigenvalue weighted by Crippen LogP contribution is -2.31. The maximum absolute atomic E-state index is 12.5. The van der Waals surface area contributed by atoms with Gasteiger partial charge in [0, 0.05) is 18.5 Å². The monoisotopic (exact) mass is 334 g/mol. The van der Waals surface area contributed by atoms with Crippen LogP contribution in [0.5, 0.6) is 0 Å². The van der Waals surface area contributed by atoms with E-state index in [0.29, 0.717) is 28.9 Å². The van der Waals surface area contributed by atoms with Gasteiger partial charge in [0.25, 0.3) is 5.91 Å². The van der Waals surface area contributed by atoms with Crippen molar-refractivity contribution in [2.75, 3.05) is 27.2 Å². The molecule has 1 amide bonds. The molecule has 4 rings (SSSR count). The van der Waals surface area contributed by atoms with Crippen molar-refractivity contribution in [3.8, 4) is 0 Å². The highest BCUT2D eigenvalue weighted by molar-refractivity contribution is 6.12. The van der Waals surface area contributed by atoms with Gasteiger partial charge in [0.05, 0.1) is 16.6 Å². The zero-order chi connectivity index (χ0) is 17.4. The zero-order valence-electron chi connectivity index (χ0n) is 14.1. The third-order valence-corrected chi connectivity index (χ3v) is 4.10. The number of carbonyl (C=O) groups is 1. The molecule has 0 aliphatic heterocycles. The lowest BCUT2D eigenvalue weighted by Gasteiger charge is -2.10. The molecule has 1 N–H and O–H groups in total. The Bertz CT molecular complexity index is 1080. The molecule has 126 valence electrons. The van der Waals surface area contributed by atoms with E-state index >= 15 is 0 Å². The molecule has 0 radical (unpaired) electrons. The summed E-state index contributed by atoms with van der Waals surface area (Å²) < 4.78 is 5.90. The van der Waals surface area contributed by atoms with Gasteiger partial charge < -0.3 is 14.6 Å². The number of rotatable bonds is 4. The van der Waals surface area contributed by atoms with Crippen molar-refractivity contribution in [3.63, 3.8) is 0 Å². The van der Waals surface area contributed by atoms with Gasteiger partial charge in [-0.05, 0) is 38.4 Å². The molecule has 2 heterocycles. The number of hydrogen-bond donors (Lipinski definition) is 1. The standard InChI is InChI=1S/C19H18N4O2/c1-23(2)11-10-20-18(24)13-7-5-6-12-16-19(25-17(12)13)22-15-9-4-3-8-14(15)21-16/h3-9H,10-11H2,1-2H3,(H,20,24). The zero-order valence-corrected chi connectivity index (χ0v) is 14.1. The Morgan fingerprint density at radius 2 is 1.84 bits per heavy atom. The van der Waals surface area contributed by atoms with Crippen molar-refractivity contribution in [3.05, 3.63) is 48.0 Å². The van der Waals surface area contributed by atoms with Crippen LogP contribution in [0.3, 0.4) is 0 Å². The number of amides is 1. The fraction of sp³-hybridized carbons (Fsp3) is 0.211. The number of aromatic nitrogens is 2. The lowest BCUT2D eigenvalue weighted by molar-refractivity contribution is 0.0952. The second-order valence-electron chi connectivity index (χ2n) is 6.21. The van der Waals surface area contributed by atoms with E-state index in [9.17, 15) is 4.79 Å². The summed E-state index contributed by atoms with van der Waals surface area (Å²) in [6.07, 6.45) is 0. The van der Waals surface area contributed by atoms with Gasteiger partial charge in [0.1, 0.15) is 5.52 Å². The van der Waals surface area contributed by atoms with E-state index in [2.05, 4.69) is 15.3 Å². The quantitative estimate of drug-likeness (QED) is 0.621.